The summed E-state index contributed by atoms with van der Waals surface area (Å²) in [4.78, 5) is 27.6. The Bertz CT molecular complexity index is 1400. The molecule has 0 saturated heterocycles. The molecular formula is C28H18F2O3. The van der Waals surface area contributed by atoms with E-state index < -0.39 is 11.6 Å². The van der Waals surface area contributed by atoms with E-state index in [0.717, 1.165) is 0 Å². The fraction of sp³-hybridized carbons (Fsp3) is 0.0714. The molecule has 0 bridgehead atoms. The van der Waals surface area contributed by atoms with E-state index in [1.807, 2.05) is 0 Å². The summed E-state index contributed by atoms with van der Waals surface area (Å²) in [5.74, 6) is -1.46. The SMILES string of the molecule is O=C1c2cccc(CCO)c2C(=O)c2c(-c3ccc(F)cc3)ccc(-c3ccc(F)cc3)c21. The van der Waals surface area contributed by atoms with Gasteiger partial charge < -0.3 is 5.11 Å². The second-order valence-electron chi connectivity index (χ2n) is 7.90. The first-order chi connectivity index (χ1) is 16.0. The monoisotopic (exact) mass is 440 g/mol. The predicted molar refractivity (Wildman–Crippen MR) is 121 cm³/mol. The van der Waals surface area contributed by atoms with Gasteiger partial charge in [0.15, 0.2) is 11.6 Å². The Balaban J connectivity index is 1.83. The summed E-state index contributed by atoms with van der Waals surface area (Å²) in [7, 11) is 0. The molecule has 4 aromatic rings. The molecule has 5 rings (SSSR count). The third-order valence-corrected chi connectivity index (χ3v) is 5.97. The molecule has 0 heterocycles. The molecule has 5 heteroatoms. The van der Waals surface area contributed by atoms with Crippen molar-refractivity contribution in [3.05, 3.63) is 118 Å². The van der Waals surface area contributed by atoms with Gasteiger partial charge in [0.25, 0.3) is 0 Å². The summed E-state index contributed by atoms with van der Waals surface area (Å²) < 4.78 is 27.1. The maximum absolute atomic E-state index is 13.9. The second kappa shape index (κ2) is 8.19. The number of carbonyl (C=O) groups is 2. The van der Waals surface area contributed by atoms with Crippen molar-refractivity contribution < 1.29 is 23.5 Å². The average molecular weight is 440 g/mol. The number of carbonyl (C=O) groups excluding carboxylic acids is 2. The number of hydrogen-bond donors (Lipinski definition) is 1. The Kier molecular flexibility index (Phi) is 5.19. The van der Waals surface area contributed by atoms with Crippen LogP contribution in [0.3, 0.4) is 0 Å². The van der Waals surface area contributed by atoms with Crippen LogP contribution in [-0.2, 0) is 6.42 Å². The molecule has 0 aliphatic heterocycles. The molecule has 1 N–H and O–H groups in total. The summed E-state index contributed by atoms with van der Waals surface area (Å²) >= 11 is 0. The zero-order valence-electron chi connectivity index (χ0n) is 17.4. The Morgan fingerprint density at radius 2 is 1.09 bits per heavy atom. The molecule has 3 nitrogen and oxygen atoms in total. The molecule has 0 spiro atoms. The third-order valence-electron chi connectivity index (χ3n) is 5.97. The Morgan fingerprint density at radius 1 is 0.576 bits per heavy atom. The van der Waals surface area contributed by atoms with Crippen LogP contribution in [0, 0.1) is 11.6 Å². The second-order valence-corrected chi connectivity index (χ2v) is 7.90. The lowest BCUT2D eigenvalue weighted by molar-refractivity contribution is 0.0979. The first-order valence-corrected chi connectivity index (χ1v) is 10.5. The zero-order chi connectivity index (χ0) is 23.1. The van der Waals surface area contributed by atoms with E-state index in [1.54, 1.807) is 54.6 Å². The number of aliphatic hydroxyl groups is 1. The minimum Gasteiger partial charge on any atom is -0.396 e. The quantitative estimate of drug-likeness (QED) is 0.395. The molecule has 1 aliphatic carbocycles. The van der Waals surface area contributed by atoms with Gasteiger partial charge in [-0.15, -0.1) is 0 Å². The molecule has 0 aromatic heterocycles. The highest BCUT2D eigenvalue weighted by molar-refractivity contribution is 6.32. The van der Waals surface area contributed by atoms with Crippen molar-refractivity contribution in [3.63, 3.8) is 0 Å². The molecule has 0 unspecified atom stereocenters. The van der Waals surface area contributed by atoms with Gasteiger partial charge in [-0.05, 0) is 58.5 Å². The van der Waals surface area contributed by atoms with Gasteiger partial charge in [-0.3, -0.25) is 9.59 Å². The predicted octanol–water partition coefficient (Wildman–Crippen LogP) is 5.61. The van der Waals surface area contributed by atoms with E-state index >= 15 is 0 Å². The van der Waals surface area contributed by atoms with E-state index in [0.29, 0.717) is 27.8 Å². The third kappa shape index (κ3) is 3.47. The number of benzene rings is 4. The van der Waals surface area contributed by atoms with Crippen LogP contribution in [0.5, 0.6) is 0 Å². The molecule has 0 radical (unpaired) electrons. The van der Waals surface area contributed by atoms with Gasteiger partial charge in [0.1, 0.15) is 11.6 Å². The number of rotatable bonds is 4. The Morgan fingerprint density at radius 3 is 1.61 bits per heavy atom. The van der Waals surface area contributed by atoms with Crippen LogP contribution in [0.1, 0.15) is 37.4 Å². The lowest BCUT2D eigenvalue weighted by Gasteiger charge is -2.25. The molecule has 1 aliphatic rings. The van der Waals surface area contributed by atoms with Crippen molar-refractivity contribution in [2.45, 2.75) is 6.42 Å². The molecule has 0 saturated carbocycles. The number of aliphatic hydroxyl groups excluding tert-OH is 1. The Labute approximate surface area is 189 Å². The van der Waals surface area contributed by atoms with Gasteiger partial charge in [0.05, 0.1) is 0 Å². The lowest BCUT2D eigenvalue weighted by atomic mass is 9.75. The van der Waals surface area contributed by atoms with E-state index in [4.69, 9.17) is 0 Å². The van der Waals surface area contributed by atoms with Gasteiger partial charge in [-0.1, -0.05) is 54.6 Å². The first kappa shape index (κ1) is 20.9. The highest BCUT2D eigenvalue weighted by Gasteiger charge is 2.35. The van der Waals surface area contributed by atoms with E-state index in [9.17, 15) is 23.5 Å². The van der Waals surface area contributed by atoms with Crippen molar-refractivity contribution in [1.29, 1.82) is 0 Å². The first-order valence-electron chi connectivity index (χ1n) is 10.5. The topological polar surface area (TPSA) is 54.4 Å². The van der Waals surface area contributed by atoms with Crippen molar-refractivity contribution in [2.24, 2.45) is 0 Å². The smallest absolute Gasteiger partial charge is 0.195 e. The Hall–Kier alpha value is -3.96. The van der Waals surface area contributed by atoms with Crippen LogP contribution in [-0.4, -0.2) is 23.3 Å². The normalized spacial score (nSPS) is 12.5. The summed E-state index contributed by atoms with van der Waals surface area (Å²) in [5.41, 5.74) is 3.86. The van der Waals surface area contributed by atoms with Gasteiger partial charge in [0.2, 0.25) is 0 Å². The maximum atomic E-state index is 13.9. The van der Waals surface area contributed by atoms with Crippen LogP contribution in [0.2, 0.25) is 0 Å². The van der Waals surface area contributed by atoms with Crippen molar-refractivity contribution in [2.75, 3.05) is 6.61 Å². The molecule has 162 valence electrons. The lowest BCUT2D eigenvalue weighted by Crippen LogP contribution is -2.24. The summed E-state index contributed by atoms with van der Waals surface area (Å²) in [6.45, 7) is -0.161. The highest BCUT2D eigenvalue weighted by atomic mass is 19.1. The minimum atomic E-state index is -0.409. The van der Waals surface area contributed by atoms with Crippen molar-refractivity contribution in [1.82, 2.24) is 0 Å². The van der Waals surface area contributed by atoms with Gasteiger partial charge in [-0.2, -0.15) is 0 Å². The molecular weight excluding hydrogens is 422 g/mol. The fourth-order valence-electron chi connectivity index (χ4n) is 4.46. The van der Waals surface area contributed by atoms with Crippen LogP contribution in [0.15, 0.2) is 78.9 Å². The van der Waals surface area contributed by atoms with Gasteiger partial charge >= 0.3 is 0 Å². The van der Waals surface area contributed by atoms with E-state index in [1.165, 1.54) is 24.3 Å². The zero-order valence-corrected chi connectivity index (χ0v) is 17.4. The van der Waals surface area contributed by atoms with Crippen LogP contribution < -0.4 is 0 Å². The molecule has 0 atom stereocenters. The highest BCUT2D eigenvalue weighted by Crippen LogP contribution is 2.40. The molecule has 0 fully saturated rings. The standard InChI is InChI=1S/C28H18F2O3/c29-19-8-4-16(5-9-19)21-12-13-22(17-6-10-20(30)11-7-17)26-25(21)27(32)23-3-1-2-18(14-15-31)24(23)28(26)33/h1-13,31H,14-15H2. The van der Waals surface area contributed by atoms with E-state index in [-0.39, 0.29) is 46.8 Å². The number of fused-ring (bicyclic) bond motifs is 2. The summed E-state index contributed by atoms with van der Waals surface area (Å²) in [6, 6.07) is 20.0. The van der Waals surface area contributed by atoms with E-state index in [2.05, 4.69) is 0 Å². The molecule has 4 aromatic carbocycles. The maximum Gasteiger partial charge on any atom is 0.195 e. The molecule has 0 amide bonds. The van der Waals surface area contributed by atoms with Crippen LogP contribution in [0.4, 0.5) is 8.78 Å². The number of ketones is 2. The van der Waals surface area contributed by atoms with Gasteiger partial charge in [-0.25, -0.2) is 8.78 Å². The van der Waals surface area contributed by atoms with Gasteiger partial charge in [0, 0.05) is 28.9 Å². The van der Waals surface area contributed by atoms with Crippen molar-refractivity contribution in [3.8, 4) is 22.3 Å². The number of halogens is 2. The van der Waals surface area contributed by atoms with Crippen LogP contribution in [0.25, 0.3) is 22.3 Å². The van der Waals surface area contributed by atoms with Crippen LogP contribution >= 0.6 is 0 Å². The van der Waals surface area contributed by atoms with Crippen molar-refractivity contribution >= 4 is 11.6 Å². The fourth-order valence-corrected chi connectivity index (χ4v) is 4.46. The largest absolute Gasteiger partial charge is 0.396 e. The average Bonchev–Trinajstić information content (AvgIpc) is 2.83. The summed E-state index contributed by atoms with van der Waals surface area (Å²) in [6.07, 6.45) is 0.237. The number of hydrogen-bond acceptors (Lipinski definition) is 3. The summed E-state index contributed by atoms with van der Waals surface area (Å²) in [5, 5.41) is 9.48. The molecule has 33 heavy (non-hydrogen) atoms. The minimum absolute atomic E-state index is 0.161.